The van der Waals surface area contributed by atoms with Gasteiger partial charge < -0.3 is 5.32 Å². The van der Waals surface area contributed by atoms with Gasteiger partial charge in [-0.05, 0) is 30.7 Å². The number of nitrogens with zero attached hydrogens (tertiary/aromatic N) is 3. The number of hydrogen-bond acceptors (Lipinski definition) is 4. The van der Waals surface area contributed by atoms with Crippen molar-refractivity contribution < 1.29 is 0 Å². The molecule has 0 aliphatic carbocycles. The predicted molar refractivity (Wildman–Crippen MR) is 54.3 cm³/mol. The van der Waals surface area contributed by atoms with Crippen LogP contribution in [0.5, 0.6) is 0 Å². The highest BCUT2D eigenvalue weighted by Crippen LogP contribution is 2.10. The molecule has 2 heterocycles. The highest BCUT2D eigenvalue weighted by atomic mass is 15.1. The Bertz CT molecular complexity index is 413. The molecule has 0 saturated carbocycles. The van der Waals surface area contributed by atoms with Crippen LogP contribution in [0.3, 0.4) is 0 Å². The van der Waals surface area contributed by atoms with Gasteiger partial charge in [0, 0.05) is 12.4 Å². The van der Waals surface area contributed by atoms with Crippen molar-refractivity contribution in [2.45, 2.75) is 6.92 Å². The molecule has 70 valence electrons. The van der Waals surface area contributed by atoms with E-state index in [1.807, 2.05) is 19.1 Å². The summed E-state index contributed by atoms with van der Waals surface area (Å²) >= 11 is 0. The third-order valence-corrected chi connectivity index (χ3v) is 1.75. The van der Waals surface area contributed by atoms with Crippen molar-refractivity contribution in [3.63, 3.8) is 0 Å². The normalized spacial score (nSPS) is 9.79. The third kappa shape index (κ3) is 2.04. The molecule has 2 aromatic rings. The van der Waals surface area contributed by atoms with Gasteiger partial charge in [0.15, 0.2) is 0 Å². The molecule has 0 spiro atoms. The van der Waals surface area contributed by atoms with E-state index in [1.54, 1.807) is 18.5 Å². The maximum absolute atomic E-state index is 4.16. The fraction of sp³-hybridized carbons (Fsp3) is 0.100. The molecular formula is C10H10N4. The molecule has 0 amide bonds. The first-order chi connectivity index (χ1) is 6.84. The summed E-state index contributed by atoms with van der Waals surface area (Å²) in [7, 11) is 0. The lowest BCUT2D eigenvalue weighted by Gasteiger charge is -2.03. The topological polar surface area (TPSA) is 50.7 Å². The molecule has 0 bridgehead atoms. The molecule has 4 heteroatoms. The number of aryl methyl sites for hydroxylation is 1. The fourth-order valence-corrected chi connectivity index (χ4v) is 1.10. The fourth-order valence-electron chi connectivity index (χ4n) is 1.10. The summed E-state index contributed by atoms with van der Waals surface area (Å²) in [6.07, 6.45) is 4.95. The molecule has 2 rings (SSSR count). The number of rotatable bonds is 2. The molecule has 0 saturated heterocycles. The number of pyridine rings is 1. The van der Waals surface area contributed by atoms with Gasteiger partial charge in [0.2, 0.25) is 0 Å². The second-order valence-electron chi connectivity index (χ2n) is 2.94. The van der Waals surface area contributed by atoms with E-state index in [1.165, 1.54) is 6.33 Å². The third-order valence-electron chi connectivity index (χ3n) is 1.75. The van der Waals surface area contributed by atoms with Crippen LogP contribution in [0, 0.1) is 6.92 Å². The smallest absolute Gasteiger partial charge is 0.134 e. The highest BCUT2D eigenvalue weighted by molar-refractivity contribution is 5.51. The molecule has 0 atom stereocenters. The summed E-state index contributed by atoms with van der Waals surface area (Å²) in [5, 5.41) is 3.08. The second kappa shape index (κ2) is 3.83. The van der Waals surface area contributed by atoms with E-state index < -0.39 is 0 Å². The van der Waals surface area contributed by atoms with Gasteiger partial charge in [-0.2, -0.15) is 0 Å². The highest BCUT2D eigenvalue weighted by Gasteiger charge is 1.95. The summed E-state index contributed by atoms with van der Waals surface area (Å²) in [6, 6.07) is 5.71. The zero-order valence-electron chi connectivity index (χ0n) is 7.81. The van der Waals surface area contributed by atoms with E-state index in [0.29, 0.717) is 0 Å². The van der Waals surface area contributed by atoms with Crippen molar-refractivity contribution in [2.75, 3.05) is 5.32 Å². The van der Waals surface area contributed by atoms with Crippen LogP contribution in [0.4, 0.5) is 11.6 Å². The Kier molecular flexibility index (Phi) is 2.36. The van der Waals surface area contributed by atoms with E-state index in [4.69, 9.17) is 0 Å². The summed E-state index contributed by atoms with van der Waals surface area (Å²) in [5.41, 5.74) is 1.16. The quantitative estimate of drug-likeness (QED) is 0.778. The molecule has 0 radical (unpaired) electrons. The van der Waals surface area contributed by atoms with Crippen molar-refractivity contribution >= 4 is 11.6 Å². The number of aromatic nitrogens is 3. The van der Waals surface area contributed by atoms with Crippen molar-refractivity contribution in [1.29, 1.82) is 0 Å². The van der Waals surface area contributed by atoms with Gasteiger partial charge >= 0.3 is 0 Å². The van der Waals surface area contributed by atoms with Crippen molar-refractivity contribution in [3.8, 4) is 0 Å². The first-order valence-corrected chi connectivity index (χ1v) is 4.30. The Balaban J connectivity index is 2.19. The van der Waals surface area contributed by atoms with E-state index in [9.17, 15) is 0 Å². The summed E-state index contributed by atoms with van der Waals surface area (Å²) in [4.78, 5) is 12.0. The molecule has 1 N–H and O–H groups in total. The van der Waals surface area contributed by atoms with Gasteiger partial charge in [-0.25, -0.2) is 15.0 Å². The largest absolute Gasteiger partial charge is 0.325 e. The summed E-state index contributed by atoms with van der Waals surface area (Å²) in [6.45, 7) is 2.02. The van der Waals surface area contributed by atoms with Gasteiger partial charge in [0.25, 0.3) is 0 Å². The lowest BCUT2D eigenvalue weighted by Crippen LogP contribution is -1.95. The minimum Gasteiger partial charge on any atom is -0.325 e. The molecule has 14 heavy (non-hydrogen) atoms. The maximum Gasteiger partial charge on any atom is 0.134 e. The average molecular weight is 186 g/mol. The van der Waals surface area contributed by atoms with E-state index >= 15 is 0 Å². The van der Waals surface area contributed by atoms with Crippen molar-refractivity contribution in [2.24, 2.45) is 0 Å². The molecular weight excluding hydrogens is 176 g/mol. The van der Waals surface area contributed by atoms with Crippen LogP contribution in [0.2, 0.25) is 0 Å². The van der Waals surface area contributed by atoms with Gasteiger partial charge in [-0.3, -0.25) is 0 Å². The summed E-state index contributed by atoms with van der Waals surface area (Å²) in [5.74, 6) is 1.54. The molecule has 0 unspecified atom stereocenters. The SMILES string of the molecule is Cc1ccnc(Nc2ccncn2)c1. The Labute approximate surface area is 82.1 Å². The van der Waals surface area contributed by atoms with Crippen LogP contribution in [0.15, 0.2) is 36.9 Å². The van der Waals surface area contributed by atoms with Crippen LogP contribution in [0.1, 0.15) is 5.56 Å². The monoisotopic (exact) mass is 186 g/mol. The molecule has 0 aliphatic heterocycles. The molecule has 2 aromatic heterocycles. The zero-order chi connectivity index (χ0) is 9.80. The Hall–Kier alpha value is -1.97. The van der Waals surface area contributed by atoms with Crippen LogP contribution < -0.4 is 5.32 Å². The molecule has 0 fully saturated rings. The first-order valence-electron chi connectivity index (χ1n) is 4.30. The first kappa shape index (κ1) is 8.62. The van der Waals surface area contributed by atoms with Crippen LogP contribution in [-0.2, 0) is 0 Å². The van der Waals surface area contributed by atoms with E-state index in [-0.39, 0.29) is 0 Å². The number of nitrogens with one attached hydrogen (secondary N) is 1. The standard InChI is InChI=1S/C10H10N4/c1-8-2-5-12-10(6-8)14-9-3-4-11-7-13-9/h2-7H,1H3,(H,11,12,13,14). The van der Waals surface area contributed by atoms with E-state index in [2.05, 4.69) is 20.3 Å². The van der Waals surface area contributed by atoms with Gasteiger partial charge in [-0.15, -0.1) is 0 Å². The lowest BCUT2D eigenvalue weighted by molar-refractivity contribution is 1.15. The van der Waals surface area contributed by atoms with E-state index in [0.717, 1.165) is 17.2 Å². The predicted octanol–water partition coefficient (Wildman–Crippen LogP) is 1.92. The maximum atomic E-state index is 4.16. The van der Waals surface area contributed by atoms with Crippen molar-refractivity contribution in [3.05, 3.63) is 42.5 Å². The minimum absolute atomic E-state index is 0.748. The second-order valence-corrected chi connectivity index (χ2v) is 2.94. The molecule has 0 aliphatic rings. The Morgan fingerprint density at radius 3 is 2.71 bits per heavy atom. The Morgan fingerprint density at radius 1 is 1.07 bits per heavy atom. The molecule has 0 aromatic carbocycles. The van der Waals surface area contributed by atoms with Crippen LogP contribution >= 0.6 is 0 Å². The lowest BCUT2D eigenvalue weighted by atomic mass is 10.3. The zero-order valence-corrected chi connectivity index (χ0v) is 7.81. The minimum atomic E-state index is 0.748. The van der Waals surface area contributed by atoms with Gasteiger partial charge in [-0.1, -0.05) is 0 Å². The van der Waals surface area contributed by atoms with Crippen molar-refractivity contribution in [1.82, 2.24) is 15.0 Å². The molecule has 4 nitrogen and oxygen atoms in total. The van der Waals surface area contributed by atoms with Gasteiger partial charge in [0.05, 0.1) is 0 Å². The van der Waals surface area contributed by atoms with Crippen LogP contribution in [-0.4, -0.2) is 15.0 Å². The average Bonchev–Trinajstić information content (AvgIpc) is 2.19. The Morgan fingerprint density at radius 2 is 2.00 bits per heavy atom. The van der Waals surface area contributed by atoms with Gasteiger partial charge in [0.1, 0.15) is 18.0 Å². The van der Waals surface area contributed by atoms with Crippen LogP contribution in [0.25, 0.3) is 0 Å². The number of hydrogen-bond donors (Lipinski definition) is 1. The number of anilines is 2. The summed E-state index contributed by atoms with van der Waals surface area (Å²) < 4.78 is 0.